The minimum atomic E-state index is -0.0784. The van der Waals surface area contributed by atoms with Crippen LogP contribution in [0.4, 0.5) is 0 Å². The number of aromatic nitrogens is 3. The van der Waals surface area contributed by atoms with E-state index in [4.69, 9.17) is 16.6 Å². The zero-order chi connectivity index (χ0) is 18.3. The van der Waals surface area contributed by atoms with Gasteiger partial charge in [0.15, 0.2) is 0 Å². The van der Waals surface area contributed by atoms with Crippen molar-refractivity contribution in [1.82, 2.24) is 14.0 Å². The molecule has 0 saturated heterocycles. The topological polar surface area (TPSA) is 39.3 Å². The molecule has 0 aliphatic carbocycles. The third kappa shape index (κ3) is 3.04. The van der Waals surface area contributed by atoms with Gasteiger partial charge in [-0.25, -0.2) is 4.98 Å². The average Bonchev–Trinajstić information content (AvgIpc) is 3.07. The molecular weight excluding hydrogens is 346 g/mol. The Labute approximate surface area is 156 Å². The number of rotatable bonds is 3. The molecule has 0 bridgehead atoms. The number of benzene rings is 2. The Morgan fingerprint density at radius 2 is 1.69 bits per heavy atom. The SMILES string of the molecule is Cc1ccc(Cn2c(C)cc(=O)n3cc(-c4ccc(Cl)cc4)nc23)cc1. The first-order valence-corrected chi connectivity index (χ1v) is 8.80. The Morgan fingerprint density at radius 1 is 1.00 bits per heavy atom. The summed E-state index contributed by atoms with van der Waals surface area (Å²) in [5, 5.41) is 0.673. The first kappa shape index (κ1) is 16.6. The van der Waals surface area contributed by atoms with Gasteiger partial charge in [0, 0.05) is 28.5 Å². The van der Waals surface area contributed by atoms with E-state index in [2.05, 4.69) is 35.8 Å². The summed E-state index contributed by atoms with van der Waals surface area (Å²) in [5.41, 5.74) is 4.88. The van der Waals surface area contributed by atoms with Gasteiger partial charge >= 0.3 is 0 Å². The Kier molecular flexibility index (Phi) is 4.13. The van der Waals surface area contributed by atoms with Crippen molar-refractivity contribution in [2.75, 3.05) is 0 Å². The molecule has 0 unspecified atom stereocenters. The van der Waals surface area contributed by atoms with E-state index in [0.29, 0.717) is 17.3 Å². The minimum absolute atomic E-state index is 0.0784. The summed E-state index contributed by atoms with van der Waals surface area (Å²) >= 11 is 5.97. The van der Waals surface area contributed by atoms with Gasteiger partial charge in [-0.15, -0.1) is 0 Å². The minimum Gasteiger partial charge on any atom is -0.311 e. The smallest absolute Gasteiger partial charge is 0.259 e. The van der Waals surface area contributed by atoms with Crippen LogP contribution < -0.4 is 5.56 Å². The quantitative estimate of drug-likeness (QED) is 0.538. The Morgan fingerprint density at radius 3 is 2.38 bits per heavy atom. The van der Waals surface area contributed by atoms with Crippen LogP contribution >= 0.6 is 11.6 Å². The van der Waals surface area contributed by atoms with Crippen LogP contribution in [0, 0.1) is 13.8 Å². The Bertz CT molecular complexity index is 1140. The lowest BCUT2D eigenvalue weighted by Crippen LogP contribution is -2.19. The molecule has 2 heterocycles. The maximum absolute atomic E-state index is 12.4. The van der Waals surface area contributed by atoms with Crippen molar-refractivity contribution >= 4 is 17.4 Å². The molecule has 4 aromatic rings. The van der Waals surface area contributed by atoms with E-state index < -0.39 is 0 Å². The van der Waals surface area contributed by atoms with Gasteiger partial charge in [-0.3, -0.25) is 9.20 Å². The van der Waals surface area contributed by atoms with Crippen LogP contribution in [-0.4, -0.2) is 14.0 Å². The van der Waals surface area contributed by atoms with E-state index in [0.717, 1.165) is 17.0 Å². The van der Waals surface area contributed by atoms with E-state index in [-0.39, 0.29) is 5.56 Å². The van der Waals surface area contributed by atoms with Crippen LogP contribution in [0.25, 0.3) is 17.0 Å². The van der Waals surface area contributed by atoms with Crippen molar-refractivity contribution in [3.8, 4) is 11.3 Å². The lowest BCUT2D eigenvalue weighted by molar-refractivity contribution is 0.749. The Hall–Kier alpha value is -2.85. The van der Waals surface area contributed by atoms with Crippen LogP contribution in [0.1, 0.15) is 16.8 Å². The van der Waals surface area contributed by atoms with Crippen molar-refractivity contribution in [2.24, 2.45) is 0 Å². The third-order valence-corrected chi connectivity index (χ3v) is 4.78. The molecule has 0 saturated carbocycles. The van der Waals surface area contributed by atoms with Crippen LogP contribution in [0.5, 0.6) is 0 Å². The molecule has 0 N–H and O–H groups in total. The molecule has 0 spiro atoms. The van der Waals surface area contributed by atoms with E-state index >= 15 is 0 Å². The first-order chi connectivity index (χ1) is 12.5. The first-order valence-electron chi connectivity index (χ1n) is 8.42. The van der Waals surface area contributed by atoms with Gasteiger partial charge in [0.1, 0.15) is 0 Å². The highest BCUT2D eigenvalue weighted by Gasteiger charge is 2.12. The van der Waals surface area contributed by atoms with Gasteiger partial charge < -0.3 is 4.57 Å². The van der Waals surface area contributed by atoms with Crippen molar-refractivity contribution in [3.63, 3.8) is 0 Å². The predicted molar refractivity (Wildman–Crippen MR) is 105 cm³/mol. The zero-order valence-electron chi connectivity index (χ0n) is 14.6. The van der Waals surface area contributed by atoms with Gasteiger partial charge in [-0.05, 0) is 31.5 Å². The maximum Gasteiger partial charge on any atom is 0.259 e. The van der Waals surface area contributed by atoms with Crippen LogP contribution in [0.3, 0.4) is 0 Å². The number of hydrogen-bond acceptors (Lipinski definition) is 2. The van der Waals surface area contributed by atoms with Crippen molar-refractivity contribution in [3.05, 3.63) is 93.0 Å². The fourth-order valence-corrected chi connectivity index (χ4v) is 3.16. The molecule has 4 rings (SSSR count). The summed E-state index contributed by atoms with van der Waals surface area (Å²) in [6.45, 7) is 4.67. The van der Waals surface area contributed by atoms with Gasteiger partial charge in [-0.1, -0.05) is 53.6 Å². The molecule has 0 fully saturated rings. The fourth-order valence-electron chi connectivity index (χ4n) is 3.04. The monoisotopic (exact) mass is 363 g/mol. The van der Waals surface area contributed by atoms with Gasteiger partial charge in [0.25, 0.3) is 5.56 Å². The summed E-state index contributed by atoms with van der Waals surface area (Å²) in [4.78, 5) is 17.2. The molecule has 0 aliphatic heterocycles. The fraction of sp³-hybridized carbons (Fsp3) is 0.143. The number of halogens is 1. The zero-order valence-corrected chi connectivity index (χ0v) is 15.4. The standard InChI is InChI=1S/C21H18ClN3O/c1-14-3-5-16(6-4-14)12-24-15(2)11-20(26)25-13-19(23-21(24)25)17-7-9-18(22)10-8-17/h3-11,13H,12H2,1-2H3. The summed E-state index contributed by atoms with van der Waals surface area (Å²) in [6, 6.07) is 17.5. The summed E-state index contributed by atoms with van der Waals surface area (Å²) in [6.07, 6.45) is 1.78. The highest BCUT2D eigenvalue weighted by Crippen LogP contribution is 2.21. The average molecular weight is 364 g/mol. The maximum atomic E-state index is 12.4. The van der Waals surface area contributed by atoms with Crippen molar-refractivity contribution in [2.45, 2.75) is 20.4 Å². The van der Waals surface area contributed by atoms with Crippen LogP contribution in [0.2, 0.25) is 5.02 Å². The van der Waals surface area contributed by atoms with Gasteiger partial charge in [0.2, 0.25) is 5.78 Å². The largest absolute Gasteiger partial charge is 0.311 e. The van der Waals surface area contributed by atoms with E-state index in [9.17, 15) is 4.79 Å². The van der Waals surface area contributed by atoms with E-state index in [1.807, 2.05) is 31.2 Å². The second-order valence-electron chi connectivity index (χ2n) is 6.50. The molecule has 2 aromatic carbocycles. The number of nitrogens with zero attached hydrogens (tertiary/aromatic N) is 3. The van der Waals surface area contributed by atoms with Crippen LogP contribution in [-0.2, 0) is 6.54 Å². The molecule has 4 nitrogen and oxygen atoms in total. The van der Waals surface area contributed by atoms with Crippen LogP contribution in [0.15, 0.2) is 65.6 Å². The summed E-state index contributed by atoms with van der Waals surface area (Å²) < 4.78 is 3.66. The highest BCUT2D eigenvalue weighted by molar-refractivity contribution is 6.30. The molecule has 5 heteroatoms. The highest BCUT2D eigenvalue weighted by atomic mass is 35.5. The molecule has 0 aliphatic rings. The summed E-state index contributed by atoms with van der Waals surface area (Å²) in [5.74, 6) is 0.639. The molecule has 26 heavy (non-hydrogen) atoms. The van der Waals surface area contributed by atoms with Crippen molar-refractivity contribution < 1.29 is 0 Å². The molecule has 2 aromatic heterocycles. The van der Waals surface area contributed by atoms with E-state index in [1.54, 1.807) is 16.7 Å². The summed E-state index contributed by atoms with van der Waals surface area (Å²) in [7, 11) is 0. The second kappa shape index (κ2) is 6.46. The molecule has 0 amide bonds. The van der Waals surface area contributed by atoms with Crippen molar-refractivity contribution in [1.29, 1.82) is 0 Å². The Balaban J connectivity index is 1.85. The number of hydrogen-bond donors (Lipinski definition) is 0. The van der Waals surface area contributed by atoms with Gasteiger partial charge in [-0.2, -0.15) is 0 Å². The normalized spacial score (nSPS) is 11.2. The number of aryl methyl sites for hydroxylation is 2. The number of fused-ring (bicyclic) bond motifs is 1. The van der Waals surface area contributed by atoms with E-state index in [1.165, 1.54) is 11.1 Å². The third-order valence-electron chi connectivity index (χ3n) is 4.53. The second-order valence-corrected chi connectivity index (χ2v) is 6.94. The molecule has 0 radical (unpaired) electrons. The predicted octanol–water partition coefficient (Wildman–Crippen LogP) is 4.48. The molecule has 130 valence electrons. The number of imidazole rings is 1. The molecular formula is C21H18ClN3O. The molecule has 0 atom stereocenters. The lowest BCUT2D eigenvalue weighted by atomic mass is 10.1. The lowest BCUT2D eigenvalue weighted by Gasteiger charge is -2.12. The van der Waals surface area contributed by atoms with Gasteiger partial charge in [0.05, 0.1) is 12.2 Å².